The van der Waals surface area contributed by atoms with Crippen molar-refractivity contribution in [2.24, 2.45) is 7.05 Å². The monoisotopic (exact) mass is 262 g/mol. The summed E-state index contributed by atoms with van der Waals surface area (Å²) in [5, 5.41) is 4.42. The van der Waals surface area contributed by atoms with E-state index in [2.05, 4.69) is 26.5 Å². The standard InChI is InChI=1S/C13H22N6/c1-9(18-6-4-5-7-18)8-19-12-11(15-13(19)14)10(2)16-17(12)3/h9H,4-8H2,1-3H3,(H2,14,15). The zero-order chi connectivity index (χ0) is 13.6. The molecule has 6 nitrogen and oxygen atoms in total. The van der Waals surface area contributed by atoms with E-state index < -0.39 is 0 Å². The van der Waals surface area contributed by atoms with Crippen molar-refractivity contribution in [3.63, 3.8) is 0 Å². The van der Waals surface area contributed by atoms with Crippen molar-refractivity contribution < 1.29 is 0 Å². The second-order valence-electron chi connectivity index (χ2n) is 5.55. The normalized spacial score (nSPS) is 18.5. The lowest BCUT2D eigenvalue weighted by atomic mass is 10.3. The molecule has 0 aliphatic carbocycles. The van der Waals surface area contributed by atoms with Gasteiger partial charge in [0.25, 0.3) is 0 Å². The maximum absolute atomic E-state index is 6.07. The molecule has 0 bridgehead atoms. The van der Waals surface area contributed by atoms with Crippen LogP contribution in [0.3, 0.4) is 0 Å². The number of aromatic nitrogens is 4. The zero-order valence-electron chi connectivity index (χ0n) is 11.9. The van der Waals surface area contributed by atoms with Gasteiger partial charge in [0.15, 0.2) is 5.65 Å². The highest BCUT2D eigenvalue weighted by atomic mass is 15.4. The van der Waals surface area contributed by atoms with Gasteiger partial charge in [-0.2, -0.15) is 5.10 Å². The van der Waals surface area contributed by atoms with Gasteiger partial charge in [-0.25, -0.2) is 4.98 Å². The van der Waals surface area contributed by atoms with Gasteiger partial charge >= 0.3 is 0 Å². The average Bonchev–Trinajstić information content (AvgIpc) is 3.02. The molecular weight excluding hydrogens is 240 g/mol. The highest BCUT2D eigenvalue weighted by molar-refractivity contribution is 5.77. The van der Waals surface area contributed by atoms with E-state index in [1.54, 1.807) is 0 Å². The van der Waals surface area contributed by atoms with Crippen LogP contribution in [0.4, 0.5) is 5.95 Å². The van der Waals surface area contributed by atoms with Gasteiger partial charge in [0, 0.05) is 19.6 Å². The molecule has 0 saturated carbocycles. The maximum Gasteiger partial charge on any atom is 0.202 e. The zero-order valence-corrected chi connectivity index (χ0v) is 11.9. The van der Waals surface area contributed by atoms with E-state index in [0.29, 0.717) is 12.0 Å². The third-order valence-electron chi connectivity index (χ3n) is 4.13. The molecule has 0 aromatic carbocycles. The van der Waals surface area contributed by atoms with E-state index in [9.17, 15) is 0 Å². The lowest BCUT2D eigenvalue weighted by Gasteiger charge is -2.24. The molecule has 3 rings (SSSR count). The van der Waals surface area contributed by atoms with Crippen molar-refractivity contribution >= 4 is 17.1 Å². The summed E-state index contributed by atoms with van der Waals surface area (Å²) in [7, 11) is 1.95. The van der Waals surface area contributed by atoms with Gasteiger partial charge in [0.05, 0.1) is 5.69 Å². The van der Waals surface area contributed by atoms with E-state index in [1.807, 2.05) is 18.7 Å². The van der Waals surface area contributed by atoms with Crippen molar-refractivity contribution in [1.29, 1.82) is 0 Å². The number of likely N-dealkylation sites (tertiary alicyclic amines) is 1. The fraction of sp³-hybridized carbons (Fsp3) is 0.692. The SMILES string of the molecule is Cc1nn(C)c2c1nc(N)n2CC(C)N1CCCC1. The number of nitrogens with two attached hydrogens (primary N) is 1. The average molecular weight is 262 g/mol. The number of nitrogens with zero attached hydrogens (tertiary/aromatic N) is 5. The summed E-state index contributed by atoms with van der Waals surface area (Å²) in [4.78, 5) is 6.97. The lowest BCUT2D eigenvalue weighted by molar-refractivity contribution is 0.237. The lowest BCUT2D eigenvalue weighted by Crippen LogP contribution is -2.34. The molecule has 2 aromatic rings. The molecule has 6 heteroatoms. The third kappa shape index (κ3) is 2.00. The van der Waals surface area contributed by atoms with Gasteiger partial charge in [-0.3, -0.25) is 14.1 Å². The summed E-state index contributed by atoms with van der Waals surface area (Å²) in [6.07, 6.45) is 2.62. The molecule has 104 valence electrons. The van der Waals surface area contributed by atoms with Crippen molar-refractivity contribution in [2.45, 2.75) is 39.3 Å². The van der Waals surface area contributed by atoms with E-state index in [4.69, 9.17) is 5.73 Å². The second kappa shape index (κ2) is 4.52. The van der Waals surface area contributed by atoms with Crippen LogP contribution in [0.2, 0.25) is 0 Å². The summed E-state index contributed by atoms with van der Waals surface area (Å²) in [6, 6.07) is 0.484. The first kappa shape index (κ1) is 12.5. The van der Waals surface area contributed by atoms with E-state index in [1.165, 1.54) is 25.9 Å². The van der Waals surface area contributed by atoms with Crippen LogP contribution in [0.1, 0.15) is 25.5 Å². The van der Waals surface area contributed by atoms with Crippen molar-refractivity contribution in [2.75, 3.05) is 18.8 Å². The number of imidazole rings is 1. The topological polar surface area (TPSA) is 64.9 Å². The fourth-order valence-electron chi connectivity index (χ4n) is 3.09. The molecule has 1 fully saturated rings. The quantitative estimate of drug-likeness (QED) is 0.901. The van der Waals surface area contributed by atoms with Gasteiger partial charge in [-0.05, 0) is 39.8 Å². The van der Waals surface area contributed by atoms with Crippen LogP contribution in [0.5, 0.6) is 0 Å². The van der Waals surface area contributed by atoms with Crippen LogP contribution < -0.4 is 5.73 Å². The highest BCUT2D eigenvalue weighted by Crippen LogP contribution is 2.22. The van der Waals surface area contributed by atoms with Crippen molar-refractivity contribution in [3.8, 4) is 0 Å². The Hall–Kier alpha value is -1.56. The number of aryl methyl sites for hydroxylation is 2. The predicted molar refractivity (Wildman–Crippen MR) is 75.9 cm³/mol. The number of nitrogen functional groups attached to an aromatic ring is 1. The third-order valence-corrected chi connectivity index (χ3v) is 4.13. The first-order valence-electron chi connectivity index (χ1n) is 6.97. The van der Waals surface area contributed by atoms with Gasteiger partial charge < -0.3 is 5.73 Å². The molecule has 3 heterocycles. The summed E-state index contributed by atoms with van der Waals surface area (Å²) in [6.45, 7) is 7.51. The Bertz CT molecular complexity index is 590. The van der Waals surface area contributed by atoms with Crippen LogP contribution in [0, 0.1) is 6.92 Å². The number of hydrogen-bond acceptors (Lipinski definition) is 4. The minimum absolute atomic E-state index is 0.484. The molecule has 1 unspecified atom stereocenters. The van der Waals surface area contributed by atoms with Crippen molar-refractivity contribution in [3.05, 3.63) is 5.69 Å². The Balaban J connectivity index is 1.93. The van der Waals surface area contributed by atoms with Crippen LogP contribution in [-0.2, 0) is 13.6 Å². The Morgan fingerprint density at radius 1 is 1.32 bits per heavy atom. The van der Waals surface area contributed by atoms with E-state index in [0.717, 1.165) is 23.4 Å². The Morgan fingerprint density at radius 2 is 2.00 bits per heavy atom. The first-order chi connectivity index (χ1) is 9.08. The van der Waals surface area contributed by atoms with Gasteiger partial charge in [0.2, 0.25) is 5.95 Å². The second-order valence-corrected chi connectivity index (χ2v) is 5.55. The van der Waals surface area contributed by atoms with Crippen LogP contribution >= 0.6 is 0 Å². The molecule has 0 radical (unpaired) electrons. The molecule has 0 amide bonds. The molecule has 1 atom stereocenters. The van der Waals surface area contributed by atoms with Gasteiger partial charge in [-0.1, -0.05) is 0 Å². The van der Waals surface area contributed by atoms with E-state index in [-0.39, 0.29) is 0 Å². The fourth-order valence-corrected chi connectivity index (χ4v) is 3.09. The molecule has 2 N–H and O–H groups in total. The molecule has 19 heavy (non-hydrogen) atoms. The summed E-state index contributed by atoms with van der Waals surface area (Å²) >= 11 is 0. The first-order valence-corrected chi connectivity index (χ1v) is 6.97. The molecule has 1 saturated heterocycles. The summed E-state index contributed by atoms with van der Waals surface area (Å²) in [5.41, 5.74) is 8.97. The molecule has 0 spiro atoms. The van der Waals surface area contributed by atoms with Crippen LogP contribution in [0.25, 0.3) is 11.2 Å². The molecule has 1 aliphatic rings. The Labute approximate surface area is 113 Å². The maximum atomic E-state index is 6.07. The van der Waals surface area contributed by atoms with Gasteiger partial charge in [0.1, 0.15) is 5.52 Å². The van der Waals surface area contributed by atoms with Crippen LogP contribution in [-0.4, -0.2) is 43.4 Å². The summed E-state index contributed by atoms with van der Waals surface area (Å²) in [5.74, 6) is 0.595. The van der Waals surface area contributed by atoms with Crippen molar-refractivity contribution in [1.82, 2.24) is 24.2 Å². The van der Waals surface area contributed by atoms with Crippen LogP contribution in [0.15, 0.2) is 0 Å². The highest BCUT2D eigenvalue weighted by Gasteiger charge is 2.22. The molecule has 1 aliphatic heterocycles. The largest absolute Gasteiger partial charge is 0.369 e. The Morgan fingerprint density at radius 3 is 2.68 bits per heavy atom. The van der Waals surface area contributed by atoms with E-state index >= 15 is 0 Å². The number of hydrogen-bond donors (Lipinski definition) is 1. The molecular formula is C13H22N6. The number of anilines is 1. The predicted octanol–water partition coefficient (Wildman–Crippen LogP) is 1.14. The minimum Gasteiger partial charge on any atom is -0.369 e. The van der Waals surface area contributed by atoms with Gasteiger partial charge in [-0.15, -0.1) is 0 Å². The number of fused-ring (bicyclic) bond motifs is 1. The molecule has 2 aromatic heterocycles. The summed E-state index contributed by atoms with van der Waals surface area (Å²) < 4.78 is 3.98. The smallest absolute Gasteiger partial charge is 0.202 e. The Kier molecular flexibility index (Phi) is 2.97. The minimum atomic E-state index is 0.484. The number of rotatable bonds is 3.